The monoisotopic (exact) mass is 227 g/mol. The Balaban J connectivity index is 2.58. The molecule has 1 rings (SSSR count). The summed E-state index contributed by atoms with van der Waals surface area (Å²) >= 11 is 0. The summed E-state index contributed by atoms with van der Waals surface area (Å²) in [5.74, 6) is 0.0504. The lowest BCUT2D eigenvalue weighted by Gasteiger charge is -2.14. The molecular weight excluding hydrogens is 209 g/mol. The molecule has 1 aromatic rings. The number of halogens is 1. The molecule has 3 nitrogen and oxygen atoms in total. The number of hydrogen-bond donors (Lipinski definition) is 2. The van der Waals surface area contributed by atoms with Gasteiger partial charge in [-0.1, -0.05) is 6.92 Å². The molecule has 0 heterocycles. The summed E-state index contributed by atoms with van der Waals surface area (Å²) in [7, 11) is 1.43. The lowest BCUT2D eigenvalue weighted by atomic mass is 10.1. The van der Waals surface area contributed by atoms with Gasteiger partial charge < -0.3 is 15.2 Å². The standard InChI is InChI=1S/C12H18FNO2/c1-3-9(8-15)7-14-10-4-5-12(16-2)11(13)6-10/h4-6,9,14-15H,3,7-8H2,1-2H3. The first kappa shape index (κ1) is 12.8. The smallest absolute Gasteiger partial charge is 0.167 e. The van der Waals surface area contributed by atoms with Crippen LogP contribution in [0, 0.1) is 11.7 Å². The minimum Gasteiger partial charge on any atom is -0.494 e. The molecule has 0 amide bonds. The second-order valence-electron chi connectivity index (χ2n) is 3.69. The van der Waals surface area contributed by atoms with Gasteiger partial charge >= 0.3 is 0 Å². The maximum atomic E-state index is 13.3. The highest BCUT2D eigenvalue weighted by Gasteiger charge is 2.06. The largest absolute Gasteiger partial charge is 0.494 e. The molecule has 90 valence electrons. The fourth-order valence-corrected chi connectivity index (χ4v) is 1.38. The van der Waals surface area contributed by atoms with Crippen LogP contribution in [-0.2, 0) is 0 Å². The van der Waals surface area contributed by atoms with Gasteiger partial charge in [-0.15, -0.1) is 0 Å². The van der Waals surface area contributed by atoms with Crippen LogP contribution >= 0.6 is 0 Å². The molecule has 0 bridgehead atoms. The summed E-state index contributed by atoms with van der Waals surface area (Å²) in [4.78, 5) is 0. The molecule has 0 aliphatic heterocycles. The van der Waals surface area contributed by atoms with Gasteiger partial charge in [0.05, 0.1) is 7.11 Å². The van der Waals surface area contributed by atoms with Crippen LogP contribution in [0.15, 0.2) is 18.2 Å². The van der Waals surface area contributed by atoms with Crippen molar-refractivity contribution in [3.8, 4) is 5.75 Å². The number of benzene rings is 1. The number of nitrogens with one attached hydrogen (secondary N) is 1. The van der Waals surface area contributed by atoms with Crippen LogP contribution in [0.25, 0.3) is 0 Å². The van der Waals surface area contributed by atoms with Crippen LogP contribution in [0.5, 0.6) is 5.75 Å². The van der Waals surface area contributed by atoms with Gasteiger partial charge in [0.2, 0.25) is 0 Å². The normalized spacial score (nSPS) is 12.2. The van der Waals surface area contributed by atoms with Gasteiger partial charge in [0.15, 0.2) is 11.6 Å². The molecular formula is C12H18FNO2. The number of hydrogen-bond acceptors (Lipinski definition) is 3. The van der Waals surface area contributed by atoms with Gasteiger partial charge in [-0.05, 0) is 24.5 Å². The van der Waals surface area contributed by atoms with Crippen molar-refractivity contribution in [2.75, 3.05) is 25.6 Å². The number of anilines is 1. The van der Waals surface area contributed by atoms with E-state index in [1.54, 1.807) is 12.1 Å². The van der Waals surface area contributed by atoms with Crippen molar-refractivity contribution in [2.24, 2.45) is 5.92 Å². The fraction of sp³-hybridized carbons (Fsp3) is 0.500. The molecule has 1 unspecified atom stereocenters. The van der Waals surface area contributed by atoms with Gasteiger partial charge in [0.25, 0.3) is 0 Å². The van der Waals surface area contributed by atoms with E-state index < -0.39 is 0 Å². The molecule has 4 heteroatoms. The van der Waals surface area contributed by atoms with E-state index in [1.165, 1.54) is 13.2 Å². The average molecular weight is 227 g/mol. The minimum atomic E-state index is -0.385. The lowest BCUT2D eigenvalue weighted by Crippen LogP contribution is -2.17. The SMILES string of the molecule is CCC(CO)CNc1ccc(OC)c(F)c1. The van der Waals surface area contributed by atoms with Crippen LogP contribution in [-0.4, -0.2) is 25.4 Å². The van der Waals surface area contributed by atoms with Gasteiger partial charge in [0, 0.05) is 24.9 Å². The van der Waals surface area contributed by atoms with Crippen molar-refractivity contribution >= 4 is 5.69 Å². The predicted octanol–water partition coefficient (Wildman–Crippen LogP) is 2.26. The highest BCUT2D eigenvalue weighted by Crippen LogP contribution is 2.20. The molecule has 0 aliphatic carbocycles. The molecule has 0 spiro atoms. The summed E-state index contributed by atoms with van der Waals surface area (Å²) in [5.41, 5.74) is 0.699. The average Bonchev–Trinajstić information content (AvgIpc) is 2.30. The van der Waals surface area contributed by atoms with Crippen LogP contribution in [0.2, 0.25) is 0 Å². The quantitative estimate of drug-likeness (QED) is 0.783. The second kappa shape index (κ2) is 6.33. The number of rotatable bonds is 6. The zero-order chi connectivity index (χ0) is 12.0. The molecule has 1 aromatic carbocycles. The summed E-state index contributed by atoms with van der Waals surface area (Å²) < 4.78 is 18.1. The van der Waals surface area contributed by atoms with Crippen LogP contribution < -0.4 is 10.1 Å². The van der Waals surface area contributed by atoms with E-state index in [-0.39, 0.29) is 24.1 Å². The lowest BCUT2D eigenvalue weighted by molar-refractivity contribution is 0.230. The third-order valence-electron chi connectivity index (χ3n) is 2.58. The maximum Gasteiger partial charge on any atom is 0.167 e. The number of methoxy groups -OCH3 is 1. The van der Waals surface area contributed by atoms with Crippen molar-refractivity contribution in [2.45, 2.75) is 13.3 Å². The molecule has 0 aromatic heterocycles. The Hall–Kier alpha value is -1.29. The summed E-state index contributed by atoms with van der Waals surface area (Å²) in [6.45, 7) is 2.79. The van der Waals surface area contributed by atoms with Gasteiger partial charge in [-0.3, -0.25) is 0 Å². The zero-order valence-corrected chi connectivity index (χ0v) is 9.66. The van der Waals surface area contributed by atoms with Crippen molar-refractivity contribution in [1.29, 1.82) is 0 Å². The van der Waals surface area contributed by atoms with E-state index in [0.717, 1.165) is 6.42 Å². The van der Waals surface area contributed by atoms with Crippen LogP contribution in [0.1, 0.15) is 13.3 Å². The Morgan fingerprint density at radius 1 is 1.50 bits per heavy atom. The van der Waals surface area contributed by atoms with Crippen molar-refractivity contribution in [3.63, 3.8) is 0 Å². The first-order valence-electron chi connectivity index (χ1n) is 5.39. The topological polar surface area (TPSA) is 41.5 Å². The summed E-state index contributed by atoms with van der Waals surface area (Å²) in [5, 5.41) is 12.1. The van der Waals surface area contributed by atoms with Crippen molar-refractivity contribution in [1.82, 2.24) is 0 Å². The Morgan fingerprint density at radius 2 is 2.25 bits per heavy atom. The van der Waals surface area contributed by atoms with E-state index in [2.05, 4.69) is 5.32 Å². The first-order chi connectivity index (χ1) is 7.71. The Labute approximate surface area is 95.2 Å². The van der Waals surface area contributed by atoms with E-state index in [9.17, 15) is 4.39 Å². The first-order valence-corrected chi connectivity index (χ1v) is 5.39. The van der Waals surface area contributed by atoms with E-state index in [0.29, 0.717) is 12.2 Å². The molecule has 0 aliphatic rings. The number of aliphatic hydroxyl groups is 1. The van der Waals surface area contributed by atoms with Gasteiger partial charge in [0.1, 0.15) is 0 Å². The molecule has 16 heavy (non-hydrogen) atoms. The molecule has 0 radical (unpaired) electrons. The van der Waals surface area contributed by atoms with Crippen LogP contribution in [0.3, 0.4) is 0 Å². The van der Waals surface area contributed by atoms with Gasteiger partial charge in [-0.2, -0.15) is 0 Å². The highest BCUT2D eigenvalue weighted by molar-refractivity contribution is 5.47. The zero-order valence-electron chi connectivity index (χ0n) is 9.66. The molecule has 0 saturated heterocycles. The summed E-state index contributed by atoms with van der Waals surface area (Å²) in [6.07, 6.45) is 0.891. The molecule has 0 saturated carbocycles. The Kier molecular flexibility index (Phi) is 5.05. The Bertz CT molecular complexity index is 327. The van der Waals surface area contributed by atoms with E-state index in [4.69, 9.17) is 9.84 Å². The second-order valence-corrected chi connectivity index (χ2v) is 3.69. The summed E-state index contributed by atoms with van der Waals surface area (Å²) in [6, 6.07) is 4.73. The maximum absolute atomic E-state index is 13.3. The number of aliphatic hydroxyl groups excluding tert-OH is 1. The van der Waals surface area contributed by atoms with Crippen molar-refractivity contribution < 1.29 is 14.2 Å². The third-order valence-corrected chi connectivity index (χ3v) is 2.58. The number of ether oxygens (including phenoxy) is 1. The highest BCUT2D eigenvalue weighted by atomic mass is 19.1. The predicted molar refractivity (Wildman–Crippen MR) is 62.3 cm³/mol. The minimum absolute atomic E-state index is 0.141. The van der Waals surface area contributed by atoms with E-state index >= 15 is 0 Å². The van der Waals surface area contributed by atoms with Crippen LogP contribution in [0.4, 0.5) is 10.1 Å². The Morgan fingerprint density at radius 3 is 2.75 bits per heavy atom. The third kappa shape index (κ3) is 3.38. The molecule has 2 N–H and O–H groups in total. The molecule has 1 atom stereocenters. The van der Waals surface area contributed by atoms with Gasteiger partial charge in [-0.25, -0.2) is 4.39 Å². The van der Waals surface area contributed by atoms with Crippen molar-refractivity contribution in [3.05, 3.63) is 24.0 Å². The molecule has 0 fully saturated rings. The fourth-order valence-electron chi connectivity index (χ4n) is 1.38. The van der Waals surface area contributed by atoms with E-state index in [1.807, 2.05) is 6.92 Å².